The van der Waals surface area contributed by atoms with E-state index in [-0.39, 0.29) is 12.5 Å². The molecule has 206 valence electrons. The van der Waals surface area contributed by atoms with Crippen molar-refractivity contribution in [3.63, 3.8) is 0 Å². The van der Waals surface area contributed by atoms with Gasteiger partial charge in [0.1, 0.15) is 6.61 Å². The summed E-state index contributed by atoms with van der Waals surface area (Å²) in [5, 5.41) is 10.6. The fourth-order valence-electron chi connectivity index (χ4n) is 4.50. The molecule has 0 aliphatic heterocycles. The van der Waals surface area contributed by atoms with E-state index in [1.165, 1.54) is 0 Å². The first-order valence-electron chi connectivity index (χ1n) is 13.2. The number of hydrogen-bond acceptors (Lipinski definition) is 5. The third kappa shape index (κ3) is 9.26. The summed E-state index contributed by atoms with van der Waals surface area (Å²) in [5.74, 6) is -2.63. The number of aryl methyl sites for hydroxylation is 1. The quantitative estimate of drug-likeness (QED) is 0.206. The molecule has 3 rings (SSSR count). The molecule has 8 heteroatoms. The highest BCUT2D eigenvalue weighted by atomic mass is 16.6. The van der Waals surface area contributed by atoms with Crippen LogP contribution in [0.5, 0.6) is 0 Å². The molecule has 0 aliphatic carbocycles. The van der Waals surface area contributed by atoms with E-state index in [4.69, 9.17) is 4.74 Å². The summed E-state index contributed by atoms with van der Waals surface area (Å²) in [6.45, 7) is 3.95. The van der Waals surface area contributed by atoms with E-state index >= 15 is 0 Å². The molecule has 0 bridgehead atoms. The number of hydroxylamine groups is 1. The Labute approximate surface area is 229 Å². The van der Waals surface area contributed by atoms with E-state index in [2.05, 4.69) is 5.43 Å². The summed E-state index contributed by atoms with van der Waals surface area (Å²) in [6, 6.07) is 27.8. The molecule has 0 saturated heterocycles. The van der Waals surface area contributed by atoms with Crippen LogP contribution in [0.2, 0.25) is 0 Å². The SMILES string of the molecule is CC(C)C[C@@H](C(=O)NN(C(=O)OCc1ccccc1)c1ccccc1)[C@H](CCCc1ccccc1)C(=O)NO. The Morgan fingerprint density at radius 1 is 0.795 bits per heavy atom. The smallest absolute Gasteiger partial charge is 0.433 e. The van der Waals surface area contributed by atoms with Crippen LogP contribution in [0.1, 0.15) is 44.2 Å². The van der Waals surface area contributed by atoms with Crippen molar-refractivity contribution in [1.82, 2.24) is 10.9 Å². The second-order valence-electron chi connectivity index (χ2n) is 9.88. The molecular weight excluding hydrogens is 494 g/mol. The molecule has 0 aliphatic rings. The van der Waals surface area contributed by atoms with Crippen molar-refractivity contribution in [3.8, 4) is 0 Å². The molecule has 0 fully saturated rings. The monoisotopic (exact) mass is 531 g/mol. The molecule has 0 unspecified atom stereocenters. The average Bonchev–Trinajstić information content (AvgIpc) is 2.96. The number of ether oxygens (including phenoxy) is 1. The van der Waals surface area contributed by atoms with Crippen molar-refractivity contribution >= 4 is 23.6 Å². The van der Waals surface area contributed by atoms with Gasteiger partial charge in [0.05, 0.1) is 17.5 Å². The highest BCUT2D eigenvalue weighted by molar-refractivity contribution is 5.94. The van der Waals surface area contributed by atoms with Crippen molar-refractivity contribution in [2.24, 2.45) is 17.8 Å². The number of nitrogens with one attached hydrogen (secondary N) is 2. The summed E-state index contributed by atoms with van der Waals surface area (Å²) in [5.41, 5.74) is 6.79. The predicted molar refractivity (Wildman–Crippen MR) is 149 cm³/mol. The standard InChI is InChI=1S/C31H37N3O5/c1-23(2)21-28(27(30(36)33-38)20-12-17-24-13-6-3-7-14-24)29(35)32-34(26-18-10-5-11-19-26)31(37)39-22-25-15-8-4-9-16-25/h3-11,13-16,18-19,23,27-28,38H,12,17,20-22H2,1-2H3,(H,32,35)(H,33,36)/t27-,28+/m0/s1. The topological polar surface area (TPSA) is 108 Å². The number of para-hydroxylation sites is 1. The number of hydrogen-bond donors (Lipinski definition) is 3. The van der Waals surface area contributed by atoms with Gasteiger partial charge in [0, 0.05) is 0 Å². The average molecular weight is 532 g/mol. The largest absolute Gasteiger partial charge is 0.443 e. The van der Waals surface area contributed by atoms with Crippen LogP contribution >= 0.6 is 0 Å². The van der Waals surface area contributed by atoms with Gasteiger partial charge in [-0.3, -0.25) is 20.2 Å². The molecule has 3 amide bonds. The molecule has 3 aromatic carbocycles. The summed E-state index contributed by atoms with van der Waals surface area (Å²) >= 11 is 0. The summed E-state index contributed by atoms with van der Waals surface area (Å²) < 4.78 is 5.50. The highest BCUT2D eigenvalue weighted by Crippen LogP contribution is 2.27. The maximum atomic E-state index is 13.7. The van der Waals surface area contributed by atoms with Crippen molar-refractivity contribution in [1.29, 1.82) is 0 Å². The number of carbonyl (C=O) groups is 3. The van der Waals surface area contributed by atoms with E-state index in [9.17, 15) is 19.6 Å². The van der Waals surface area contributed by atoms with Crippen LogP contribution < -0.4 is 15.9 Å². The molecular formula is C31H37N3O5. The van der Waals surface area contributed by atoms with Crippen LogP contribution in [0.15, 0.2) is 91.0 Å². The Hall–Kier alpha value is -4.17. The third-order valence-corrected chi connectivity index (χ3v) is 6.44. The number of rotatable bonds is 12. The Morgan fingerprint density at radius 2 is 1.36 bits per heavy atom. The van der Waals surface area contributed by atoms with Crippen molar-refractivity contribution in [3.05, 3.63) is 102 Å². The first kappa shape index (κ1) is 29.4. The number of nitrogens with zero attached hydrogens (tertiary/aromatic N) is 1. The molecule has 0 heterocycles. The Balaban J connectivity index is 1.79. The van der Waals surface area contributed by atoms with Gasteiger partial charge in [-0.25, -0.2) is 10.3 Å². The minimum atomic E-state index is -0.793. The summed E-state index contributed by atoms with van der Waals surface area (Å²) in [6.07, 6.45) is 1.39. The van der Waals surface area contributed by atoms with E-state index < -0.39 is 29.7 Å². The van der Waals surface area contributed by atoms with Crippen molar-refractivity contribution in [2.45, 2.75) is 46.1 Å². The first-order valence-corrected chi connectivity index (χ1v) is 13.2. The second kappa shape index (κ2) is 15.3. The maximum absolute atomic E-state index is 13.7. The zero-order valence-electron chi connectivity index (χ0n) is 22.5. The number of anilines is 1. The molecule has 0 radical (unpaired) electrons. The van der Waals surface area contributed by atoms with E-state index in [0.717, 1.165) is 22.6 Å². The molecule has 0 spiro atoms. The van der Waals surface area contributed by atoms with Crippen LogP contribution in [0.25, 0.3) is 0 Å². The summed E-state index contributed by atoms with van der Waals surface area (Å²) in [4.78, 5) is 39.7. The number of benzene rings is 3. The number of hydrazine groups is 1. The zero-order valence-corrected chi connectivity index (χ0v) is 22.5. The molecule has 3 N–H and O–H groups in total. The van der Waals surface area contributed by atoms with Crippen LogP contribution in [-0.4, -0.2) is 23.1 Å². The van der Waals surface area contributed by atoms with Gasteiger partial charge in [-0.2, -0.15) is 5.01 Å². The van der Waals surface area contributed by atoms with Crippen LogP contribution in [-0.2, 0) is 27.4 Å². The van der Waals surface area contributed by atoms with Crippen molar-refractivity contribution < 1.29 is 24.3 Å². The maximum Gasteiger partial charge on any atom is 0.433 e. The van der Waals surface area contributed by atoms with Gasteiger partial charge >= 0.3 is 6.09 Å². The molecule has 8 nitrogen and oxygen atoms in total. The highest BCUT2D eigenvalue weighted by Gasteiger charge is 2.35. The van der Waals surface area contributed by atoms with Gasteiger partial charge in [0.15, 0.2) is 0 Å². The molecule has 0 saturated carbocycles. The van der Waals surface area contributed by atoms with Crippen LogP contribution in [0, 0.1) is 17.8 Å². The van der Waals surface area contributed by atoms with E-state index in [1.807, 2.05) is 74.5 Å². The van der Waals surface area contributed by atoms with Gasteiger partial charge in [0.25, 0.3) is 0 Å². The first-order chi connectivity index (χ1) is 18.9. The van der Waals surface area contributed by atoms with E-state index in [0.29, 0.717) is 24.9 Å². The van der Waals surface area contributed by atoms with Crippen molar-refractivity contribution in [2.75, 3.05) is 5.01 Å². The van der Waals surface area contributed by atoms with E-state index in [1.54, 1.807) is 35.8 Å². The lowest BCUT2D eigenvalue weighted by Gasteiger charge is -2.29. The van der Waals surface area contributed by atoms with Gasteiger partial charge < -0.3 is 4.74 Å². The lowest BCUT2D eigenvalue weighted by molar-refractivity contribution is -0.141. The number of amides is 3. The van der Waals surface area contributed by atoms with Crippen LogP contribution in [0.3, 0.4) is 0 Å². The third-order valence-electron chi connectivity index (χ3n) is 6.44. The predicted octanol–water partition coefficient (Wildman–Crippen LogP) is 5.67. The Morgan fingerprint density at radius 3 is 1.92 bits per heavy atom. The molecule has 0 aromatic heterocycles. The Kier molecular flexibility index (Phi) is 11.5. The minimum Gasteiger partial charge on any atom is -0.443 e. The van der Waals surface area contributed by atoms with Gasteiger partial charge in [-0.05, 0) is 54.9 Å². The fraction of sp³-hybridized carbons (Fsp3) is 0.323. The van der Waals surface area contributed by atoms with Gasteiger partial charge in [0.2, 0.25) is 11.8 Å². The van der Waals surface area contributed by atoms with Gasteiger partial charge in [-0.15, -0.1) is 0 Å². The normalized spacial score (nSPS) is 12.3. The molecule has 3 aromatic rings. The fourth-order valence-corrected chi connectivity index (χ4v) is 4.50. The zero-order chi connectivity index (χ0) is 28.0. The molecule has 39 heavy (non-hydrogen) atoms. The minimum absolute atomic E-state index is 0.0311. The van der Waals surface area contributed by atoms with Crippen LogP contribution in [0.4, 0.5) is 10.5 Å². The summed E-state index contributed by atoms with van der Waals surface area (Å²) in [7, 11) is 0. The second-order valence-corrected chi connectivity index (χ2v) is 9.88. The molecule has 2 atom stereocenters. The lowest BCUT2D eigenvalue weighted by Crippen LogP contribution is -2.51. The van der Waals surface area contributed by atoms with Gasteiger partial charge in [-0.1, -0.05) is 92.7 Å². The lowest BCUT2D eigenvalue weighted by atomic mass is 9.81. The number of carbonyl (C=O) groups excluding carboxylic acids is 3. The Bertz CT molecular complexity index is 1170.